The molecule has 7 heteroatoms. The zero-order chi connectivity index (χ0) is 21.3. The van der Waals surface area contributed by atoms with Crippen molar-refractivity contribution in [1.82, 2.24) is 9.13 Å². The summed E-state index contributed by atoms with van der Waals surface area (Å²) in [6.45, 7) is 1.72. The van der Waals surface area contributed by atoms with Crippen molar-refractivity contribution in [3.05, 3.63) is 100 Å². The molecule has 0 unspecified atom stereocenters. The maximum Gasteiger partial charge on any atom is 0.275 e. The van der Waals surface area contributed by atoms with E-state index in [0.29, 0.717) is 27.7 Å². The van der Waals surface area contributed by atoms with Crippen LogP contribution in [0.25, 0.3) is 10.9 Å². The Morgan fingerprint density at radius 3 is 2.50 bits per heavy atom. The molecule has 0 bridgehead atoms. The molecule has 0 atom stereocenters. The van der Waals surface area contributed by atoms with Gasteiger partial charge >= 0.3 is 0 Å². The topological polar surface area (TPSA) is 56.0 Å². The van der Waals surface area contributed by atoms with E-state index in [-0.39, 0.29) is 24.5 Å². The first-order chi connectivity index (χ1) is 14.4. The number of anilines is 1. The maximum absolute atomic E-state index is 14.0. The van der Waals surface area contributed by atoms with E-state index in [1.165, 1.54) is 29.0 Å². The summed E-state index contributed by atoms with van der Waals surface area (Å²) >= 11 is 0. The number of amides is 1. The smallest absolute Gasteiger partial charge is 0.275 e. The number of aromatic nitrogens is 2. The molecule has 0 spiro atoms. The third kappa shape index (κ3) is 3.87. The Morgan fingerprint density at radius 2 is 1.73 bits per heavy atom. The van der Waals surface area contributed by atoms with Crippen LogP contribution in [0, 0.1) is 18.6 Å². The number of rotatable bonds is 5. The number of aryl methyl sites for hydroxylation is 1. The van der Waals surface area contributed by atoms with Crippen molar-refractivity contribution in [3.63, 3.8) is 0 Å². The van der Waals surface area contributed by atoms with Crippen LogP contribution in [0.3, 0.4) is 0 Å². The van der Waals surface area contributed by atoms with Crippen molar-refractivity contribution >= 4 is 22.5 Å². The maximum atomic E-state index is 14.0. The van der Waals surface area contributed by atoms with E-state index >= 15 is 0 Å². The quantitative estimate of drug-likeness (QED) is 0.542. The van der Waals surface area contributed by atoms with E-state index in [1.54, 1.807) is 54.1 Å². The van der Waals surface area contributed by atoms with E-state index in [4.69, 9.17) is 0 Å². The highest BCUT2D eigenvalue weighted by Crippen LogP contribution is 2.17. The first-order valence-corrected chi connectivity index (χ1v) is 9.40. The highest BCUT2D eigenvalue weighted by molar-refractivity contribution is 5.91. The second kappa shape index (κ2) is 7.94. The van der Waals surface area contributed by atoms with Crippen molar-refractivity contribution in [2.75, 3.05) is 5.32 Å². The van der Waals surface area contributed by atoms with Crippen LogP contribution in [0.1, 0.15) is 11.1 Å². The molecule has 0 saturated carbocycles. The molecule has 4 rings (SSSR count). The summed E-state index contributed by atoms with van der Waals surface area (Å²) in [7, 11) is 0. The van der Waals surface area contributed by atoms with Gasteiger partial charge in [-0.25, -0.2) is 8.78 Å². The minimum Gasteiger partial charge on any atom is -0.338 e. The molecule has 2 aromatic carbocycles. The number of halogens is 2. The van der Waals surface area contributed by atoms with Crippen molar-refractivity contribution in [2.24, 2.45) is 0 Å². The second-order valence-corrected chi connectivity index (χ2v) is 7.10. The average Bonchev–Trinajstić information content (AvgIpc) is 3.12. The highest BCUT2D eigenvalue weighted by Gasteiger charge is 2.13. The van der Waals surface area contributed by atoms with Gasteiger partial charge in [-0.3, -0.25) is 9.59 Å². The number of hydrogen-bond donors (Lipinski definition) is 1. The Hall–Kier alpha value is -3.74. The molecule has 2 aromatic heterocycles. The molecule has 5 nitrogen and oxygen atoms in total. The second-order valence-electron chi connectivity index (χ2n) is 7.10. The summed E-state index contributed by atoms with van der Waals surface area (Å²) < 4.78 is 30.4. The van der Waals surface area contributed by atoms with Gasteiger partial charge in [-0.15, -0.1) is 0 Å². The predicted molar refractivity (Wildman–Crippen MR) is 111 cm³/mol. The summed E-state index contributed by atoms with van der Waals surface area (Å²) in [6, 6.07) is 14.0. The molecule has 0 radical (unpaired) electrons. The van der Waals surface area contributed by atoms with Gasteiger partial charge in [0.1, 0.15) is 23.7 Å². The largest absolute Gasteiger partial charge is 0.338 e. The lowest BCUT2D eigenvalue weighted by Crippen LogP contribution is -2.28. The molecular weight excluding hydrogens is 388 g/mol. The fourth-order valence-corrected chi connectivity index (χ4v) is 3.38. The van der Waals surface area contributed by atoms with Crippen LogP contribution in [-0.2, 0) is 17.9 Å². The fraction of sp³-hybridized carbons (Fsp3) is 0.130. The molecule has 152 valence electrons. The summed E-state index contributed by atoms with van der Waals surface area (Å²) in [6.07, 6.45) is 3.26. The molecule has 2 heterocycles. The van der Waals surface area contributed by atoms with Crippen LogP contribution in [0.2, 0.25) is 0 Å². The number of pyridine rings is 1. The van der Waals surface area contributed by atoms with Gasteiger partial charge in [0.05, 0.1) is 6.54 Å². The number of benzene rings is 2. The monoisotopic (exact) mass is 407 g/mol. The van der Waals surface area contributed by atoms with E-state index in [1.807, 2.05) is 0 Å². The summed E-state index contributed by atoms with van der Waals surface area (Å²) in [4.78, 5) is 25.4. The number of carbonyl (C=O) groups is 1. The first-order valence-electron chi connectivity index (χ1n) is 9.40. The van der Waals surface area contributed by atoms with Gasteiger partial charge in [0.25, 0.3) is 5.56 Å². The van der Waals surface area contributed by atoms with E-state index in [0.717, 1.165) is 0 Å². The molecule has 1 amide bonds. The highest BCUT2D eigenvalue weighted by atomic mass is 19.1. The van der Waals surface area contributed by atoms with Crippen molar-refractivity contribution < 1.29 is 13.6 Å². The van der Waals surface area contributed by atoms with Crippen molar-refractivity contribution in [2.45, 2.75) is 20.0 Å². The molecule has 4 aromatic rings. The lowest BCUT2D eigenvalue weighted by atomic mass is 10.2. The van der Waals surface area contributed by atoms with Crippen LogP contribution < -0.4 is 10.9 Å². The van der Waals surface area contributed by atoms with Crippen LogP contribution >= 0.6 is 0 Å². The van der Waals surface area contributed by atoms with Gasteiger partial charge in [0, 0.05) is 29.0 Å². The molecule has 0 fully saturated rings. The number of hydrogen-bond acceptors (Lipinski definition) is 2. The molecule has 0 saturated heterocycles. The lowest BCUT2D eigenvalue weighted by molar-refractivity contribution is -0.116. The van der Waals surface area contributed by atoms with Gasteiger partial charge in [0.2, 0.25) is 5.91 Å². The van der Waals surface area contributed by atoms with Crippen LogP contribution in [-0.4, -0.2) is 15.0 Å². The normalized spacial score (nSPS) is 11.0. The van der Waals surface area contributed by atoms with E-state index < -0.39 is 11.7 Å². The van der Waals surface area contributed by atoms with Gasteiger partial charge in [0.15, 0.2) is 0 Å². The number of nitrogens with one attached hydrogen (secondary N) is 1. The van der Waals surface area contributed by atoms with E-state index in [2.05, 4.69) is 5.32 Å². The van der Waals surface area contributed by atoms with E-state index in [9.17, 15) is 18.4 Å². The Kier molecular flexibility index (Phi) is 5.18. The van der Waals surface area contributed by atoms with Gasteiger partial charge < -0.3 is 14.5 Å². The summed E-state index contributed by atoms with van der Waals surface area (Å²) in [5, 5.41) is 3.34. The summed E-state index contributed by atoms with van der Waals surface area (Å²) in [5.74, 6) is -1.25. The van der Waals surface area contributed by atoms with Crippen LogP contribution in [0.15, 0.2) is 71.8 Å². The summed E-state index contributed by atoms with van der Waals surface area (Å²) in [5.41, 5.74) is 1.56. The standard InChI is InChI=1S/C23H19F2N3O2/c1-15-6-7-18(24)12-20(15)26-21(29)14-28-11-9-16-8-10-27(22(16)23(28)30)13-17-4-2-3-5-19(17)25/h2-12H,13-14H2,1H3,(H,26,29). The Balaban J connectivity index is 1.61. The first kappa shape index (κ1) is 19.6. The Bertz CT molecular complexity index is 1310. The molecule has 0 aliphatic carbocycles. The lowest BCUT2D eigenvalue weighted by Gasteiger charge is -2.11. The van der Waals surface area contributed by atoms with Crippen LogP contribution in [0.5, 0.6) is 0 Å². The molecule has 1 N–H and O–H groups in total. The molecule has 0 aliphatic heterocycles. The Morgan fingerprint density at radius 1 is 1.00 bits per heavy atom. The Labute approximate surface area is 171 Å². The third-order valence-electron chi connectivity index (χ3n) is 4.98. The number of fused-ring (bicyclic) bond motifs is 1. The molecular formula is C23H19F2N3O2. The van der Waals surface area contributed by atoms with Crippen molar-refractivity contribution in [1.29, 1.82) is 0 Å². The SMILES string of the molecule is Cc1ccc(F)cc1NC(=O)Cn1ccc2ccn(Cc3ccccc3F)c2c1=O. The molecule has 30 heavy (non-hydrogen) atoms. The predicted octanol–water partition coefficient (Wildman–Crippen LogP) is 4.08. The number of carbonyl (C=O) groups excluding carboxylic acids is 1. The van der Waals surface area contributed by atoms with Crippen molar-refractivity contribution in [3.8, 4) is 0 Å². The van der Waals surface area contributed by atoms with Gasteiger partial charge in [-0.2, -0.15) is 0 Å². The van der Waals surface area contributed by atoms with Gasteiger partial charge in [-0.05, 0) is 42.8 Å². The minimum atomic E-state index is -0.458. The molecule has 0 aliphatic rings. The van der Waals surface area contributed by atoms with Gasteiger partial charge in [-0.1, -0.05) is 24.3 Å². The van der Waals surface area contributed by atoms with Crippen LogP contribution in [0.4, 0.5) is 14.5 Å². The minimum absolute atomic E-state index is 0.199. The zero-order valence-electron chi connectivity index (χ0n) is 16.2. The third-order valence-corrected chi connectivity index (χ3v) is 4.98. The zero-order valence-corrected chi connectivity index (χ0v) is 16.2. The fourth-order valence-electron chi connectivity index (χ4n) is 3.38. The number of nitrogens with zero attached hydrogens (tertiary/aromatic N) is 2. The average molecular weight is 407 g/mol.